The lowest BCUT2D eigenvalue weighted by Crippen LogP contribution is -2.36. The van der Waals surface area contributed by atoms with Crippen LogP contribution in [0.1, 0.15) is 6.42 Å². The number of carbonyl (C=O) groups excluding carboxylic acids is 2. The zero-order chi connectivity index (χ0) is 8.43. The van der Waals surface area contributed by atoms with E-state index in [1.165, 1.54) is 0 Å². The molecular formula is C5H12N4O3. The van der Waals surface area contributed by atoms with E-state index in [-0.39, 0.29) is 29.1 Å². The van der Waals surface area contributed by atoms with Crippen LogP contribution >= 0.6 is 0 Å². The lowest BCUT2D eigenvalue weighted by atomic mass is 10.3. The molecular weight excluding hydrogens is 164 g/mol. The summed E-state index contributed by atoms with van der Waals surface area (Å²) in [6.07, 6.45) is 0.534. The molecule has 8 N–H and O–H groups in total. The van der Waals surface area contributed by atoms with Gasteiger partial charge in [0.25, 0.3) is 0 Å². The fraction of sp³-hybridized carbons (Fsp3) is 0.600. The fourth-order valence-electron chi connectivity index (χ4n) is 0.989. The van der Waals surface area contributed by atoms with Crippen LogP contribution in [0.15, 0.2) is 0 Å². The second kappa shape index (κ2) is 4.00. The van der Waals surface area contributed by atoms with E-state index in [0.717, 1.165) is 0 Å². The summed E-state index contributed by atoms with van der Waals surface area (Å²) in [5, 5.41) is 0. The Labute approximate surface area is 68.7 Å². The van der Waals surface area contributed by atoms with Crippen molar-refractivity contribution in [1.29, 1.82) is 0 Å². The molecule has 70 valence electrons. The molecule has 1 aliphatic rings. The maximum absolute atomic E-state index is 10.7. The standard InChI is InChI=1S/C5H10N4O2.H2O/c6-8-4(10)2-1-3(2)5(11)9-7;/h2-3H,1,6-7H2,(H,8,10)(H,9,11);1H2/t2-,3-;/m0./s1. The monoisotopic (exact) mass is 176 g/mol. The van der Waals surface area contributed by atoms with Crippen molar-refractivity contribution in [3.8, 4) is 0 Å². The van der Waals surface area contributed by atoms with Crippen molar-refractivity contribution in [3.63, 3.8) is 0 Å². The minimum absolute atomic E-state index is 0. The fourth-order valence-corrected chi connectivity index (χ4v) is 0.989. The number of hydrazine groups is 2. The van der Waals surface area contributed by atoms with Gasteiger partial charge in [0, 0.05) is 0 Å². The number of nitrogens with two attached hydrogens (primary N) is 2. The summed E-state index contributed by atoms with van der Waals surface area (Å²) in [7, 11) is 0. The number of nitrogens with one attached hydrogen (secondary N) is 2. The number of hydrogen-bond donors (Lipinski definition) is 4. The molecule has 0 spiro atoms. The van der Waals surface area contributed by atoms with Crippen molar-refractivity contribution in [1.82, 2.24) is 10.9 Å². The minimum Gasteiger partial charge on any atom is -0.412 e. The molecule has 1 saturated carbocycles. The predicted octanol–water partition coefficient (Wildman–Crippen LogP) is -3.22. The Morgan fingerprint density at radius 2 is 1.42 bits per heavy atom. The van der Waals surface area contributed by atoms with E-state index in [1.807, 2.05) is 10.9 Å². The zero-order valence-electron chi connectivity index (χ0n) is 6.33. The molecule has 0 aromatic carbocycles. The van der Waals surface area contributed by atoms with Gasteiger partial charge in [0.15, 0.2) is 0 Å². The summed E-state index contributed by atoms with van der Waals surface area (Å²) >= 11 is 0. The van der Waals surface area contributed by atoms with Crippen molar-refractivity contribution in [3.05, 3.63) is 0 Å². The van der Waals surface area contributed by atoms with Gasteiger partial charge in [0.2, 0.25) is 11.8 Å². The molecule has 0 saturated heterocycles. The van der Waals surface area contributed by atoms with Crippen LogP contribution in [0.4, 0.5) is 0 Å². The largest absolute Gasteiger partial charge is 0.412 e. The Morgan fingerprint density at radius 1 is 1.08 bits per heavy atom. The van der Waals surface area contributed by atoms with Crippen molar-refractivity contribution in [2.24, 2.45) is 23.5 Å². The molecule has 7 nitrogen and oxygen atoms in total. The van der Waals surface area contributed by atoms with Gasteiger partial charge in [-0.3, -0.25) is 20.4 Å². The van der Waals surface area contributed by atoms with Gasteiger partial charge < -0.3 is 5.48 Å². The number of hydrogen-bond acceptors (Lipinski definition) is 4. The first-order valence-electron chi connectivity index (χ1n) is 3.21. The molecule has 1 rings (SSSR count). The number of rotatable bonds is 2. The van der Waals surface area contributed by atoms with E-state index in [2.05, 4.69) is 0 Å². The van der Waals surface area contributed by atoms with Crippen LogP contribution in [0, 0.1) is 11.8 Å². The smallest absolute Gasteiger partial charge is 0.237 e. The number of carbonyl (C=O) groups is 2. The molecule has 1 fully saturated rings. The second-order valence-electron chi connectivity index (χ2n) is 2.47. The normalized spacial score (nSPS) is 25.2. The maximum atomic E-state index is 10.7. The minimum atomic E-state index is -0.307. The molecule has 12 heavy (non-hydrogen) atoms. The lowest BCUT2D eigenvalue weighted by molar-refractivity contribution is -0.127. The first-order valence-corrected chi connectivity index (χ1v) is 3.21. The SMILES string of the molecule is NNC(=O)[C@H]1C[C@@H]1C(=O)NN.O. The topological polar surface area (TPSA) is 142 Å². The van der Waals surface area contributed by atoms with E-state index < -0.39 is 0 Å². The van der Waals surface area contributed by atoms with Gasteiger partial charge in [-0.15, -0.1) is 0 Å². The van der Waals surface area contributed by atoms with Gasteiger partial charge in [0.1, 0.15) is 0 Å². The van der Waals surface area contributed by atoms with Crippen LogP contribution in [-0.4, -0.2) is 17.3 Å². The lowest BCUT2D eigenvalue weighted by Gasteiger charge is -1.96. The van der Waals surface area contributed by atoms with E-state index in [4.69, 9.17) is 11.7 Å². The first-order chi connectivity index (χ1) is 5.20. The van der Waals surface area contributed by atoms with Crippen LogP contribution in [0.3, 0.4) is 0 Å². The summed E-state index contributed by atoms with van der Waals surface area (Å²) in [6.45, 7) is 0. The third-order valence-corrected chi connectivity index (χ3v) is 1.75. The molecule has 0 bridgehead atoms. The molecule has 0 aliphatic heterocycles. The van der Waals surface area contributed by atoms with E-state index in [1.54, 1.807) is 0 Å². The van der Waals surface area contributed by atoms with Gasteiger partial charge in [-0.05, 0) is 6.42 Å². The van der Waals surface area contributed by atoms with Gasteiger partial charge >= 0.3 is 0 Å². The average Bonchev–Trinajstić information content (AvgIpc) is 2.80. The van der Waals surface area contributed by atoms with Crippen LogP contribution in [0.2, 0.25) is 0 Å². The third-order valence-electron chi connectivity index (χ3n) is 1.75. The Kier molecular flexibility index (Phi) is 3.61. The summed E-state index contributed by atoms with van der Waals surface area (Å²) in [5.74, 6) is 8.52. The molecule has 0 heterocycles. The predicted molar refractivity (Wildman–Crippen MR) is 39.9 cm³/mol. The zero-order valence-corrected chi connectivity index (χ0v) is 6.33. The second-order valence-corrected chi connectivity index (χ2v) is 2.47. The highest BCUT2D eigenvalue weighted by Gasteiger charge is 2.47. The van der Waals surface area contributed by atoms with Crippen molar-refractivity contribution in [2.75, 3.05) is 0 Å². The van der Waals surface area contributed by atoms with E-state index in [9.17, 15) is 9.59 Å². The Morgan fingerprint density at radius 3 is 1.67 bits per heavy atom. The van der Waals surface area contributed by atoms with E-state index >= 15 is 0 Å². The molecule has 0 aromatic rings. The van der Waals surface area contributed by atoms with Crippen molar-refractivity contribution >= 4 is 11.8 Å². The number of amides is 2. The summed E-state index contributed by atoms with van der Waals surface area (Å²) in [5.41, 5.74) is 3.95. The highest BCUT2D eigenvalue weighted by Crippen LogP contribution is 2.38. The Bertz CT molecular complexity index is 175. The molecule has 1 aliphatic carbocycles. The molecule has 0 unspecified atom stereocenters. The average molecular weight is 176 g/mol. The van der Waals surface area contributed by atoms with E-state index in [0.29, 0.717) is 6.42 Å². The highest BCUT2D eigenvalue weighted by molar-refractivity contribution is 5.91. The van der Waals surface area contributed by atoms with Gasteiger partial charge in [-0.25, -0.2) is 11.7 Å². The summed E-state index contributed by atoms with van der Waals surface area (Å²) < 4.78 is 0. The Hall–Kier alpha value is -1.18. The quantitative estimate of drug-likeness (QED) is 0.199. The Balaban J connectivity index is 0.00000121. The molecule has 0 radical (unpaired) electrons. The molecule has 2 atom stereocenters. The third kappa shape index (κ3) is 1.91. The summed E-state index contributed by atoms with van der Waals surface area (Å²) in [6, 6.07) is 0. The molecule has 2 amide bonds. The van der Waals surface area contributed by atoms with Crippen LogP contribution in [-0.2, 0) is 9.59 Å². The van der Waals surface area contributed by atoms with Gasteiger partial charge in [-0.2, -0.15) is 0 Å². The highest BCUT2D eigenvalue weighted by atomic mass is 16.2. The van der Waals surface area contributed by atoms with Gasteiger partial charge in [0.05, 0.1) is 11.8 Å². The van der Waals surface area contributed by atoms with Crippen molar-refractivity contribution in [2.45, 2.75) is 6.42 Å². The van der Waals surface area contributed by atoms with Crippen LogP contribution < -0.4 is 22.5 Å². The molecule has 7 heteroatoms. The summed E-state index contributed by atoms with van der Waals surface area (Å²) in [4.78, 5) is 21.5. The van der Waals surface area contributed by atoms with Gasteiger partial charge in [-0.1, -0.05) is 0 Å². The van der Waals surface area contributed by atoms with Crippen LogP contribution in [0.25, 0.3) is 0 Å². The van der Waals surface area contributed by atoms with Crippen LogP contribution in [0.5, 0.6) is 0 Å². The first kappa shape index (κ1) is 10.8. The van der Waals surface area contributed by atoms with Crippen molar-refractivity contribution < 1.29 is 15.1 Å². The molecule has 0 aromatic heterocycles. The maximum Gasteiger partial charge on any atom is 0.237 e.